The van der Waals surface area contributed by atoms with Crippen molar-refractivity contribution >= 4 is 11.8 Å². The zero-order valence-electron chi connectivity index (χ0n) is 14.9. The average Bonchev–Trinajstić information content (AvgIpc) is 3.00. The summed E-state index contributed by atoms with van der Waals surface area (Å²) in [7, 11) is 0. The molecule has 0 saturated heterocycles. The second-order valence-corrected chi connectivity index (χ2v) is 6.87. The van der Waals surface area contributed by atoms with Crippen molar-refractivity contribution in [2.45, 2.75) is 52.3 Å². The molecule has 2 rings (SSSR count). The van der Waals surface area contributed by atoms with E-state index in [0.717, 1.165) is 11.3 Å². The number of amides is 1. The van der Waals surface area contributed by atoms with Crippen LogP contribution < -0.4 is 10.6 Å². The van der Waals surface area contributed by atoms with E-state index >= 15 is 0 Å². The van der Waals surface area contributed by atoms with Gasteiger partial charge in [0.15, 0.2) is 0 Å². The first-order valence-electron chi connectivity index (χ1n) is 8.10. The molecular formula is C18H26N4O2. The number of ether oxygens (including phenoxy) is 1. The number of H-pyrrole nitrogens is 1. The third-order valence-electron chi connectivity index (χ3n) is 3.54. The Hall–Kier alpha value is -2.34. The highest BCUT2D eigenvalue weighted by molar-refractivity contribution is 5.84. The van der Waals surface area contributed by atoms with Gasteiger partial charge in [-0.3, -0.25) is 10.4 Å². The van der Waals surface area contributed by atoms with Crippen molar-refractivity contribution < 1.29 is 9.53 Å². The van der Waals surface area contributed by atoms with Gasteiger partial charge in [-0.2, -0.15) is 5.10 Å². The van der Waals surface area contributed by atoms with E-state index in [-0.39, 0.29) is 12.1 Å². The quantitative estimate of drug-likeness (QED) is 0.769. The second-order valence-electron chi connectivity index (χ2n) is 6.87. The van der Waals surface area contributed by atoms with Crippen LogP contribution in [0.5, 0.6) is 0 Å². The number of hydrogen-bond donors (Lipinski definition) is 3. The van der Waals surface area contributed by atoms with Crippen LogP contribution in [0, 0.1) is 0 Å². The van der Waals surface area contributed by atoms with E-state index in [4.69, 9.17) is 4.74 Å². The van der Waals surface area contributed by atoms with E-state index in [9.17, 15) is 4.79 Å². The molecule has 2 atom stereocenters. The predicted molar refractivity (Wildman–Crippen MR) is 94.9 cm³/mol. The van der Waals surface area contributed by atoms with Crippen molar-refractivity contribution in [1.29, 1.82) is 0 Å². The van der Waals surface area contributed by atoms with E-state index < -0.39 is 11.7 Å². The summed E-state index contributed by atoms with van der Waals surface area (Å²) in [5, 5.41) is 13.2. The summed E-state index contributed by atoms with van der Waals surface area (Å²) in [4.78, 5) is 11.8. The second kappa shape index (κ2) is 7.49. The Balaban J connectivity index is 1.92. The van der Waals surface area contributed by atoms with E-state index in [1.54, 1.807) is 6.20 Å². The van der Waals surface area contributed by atoms with Crippen LogP contribution in [0.25, 0.3) is 0 Å². The Morgan fingerprint density at radius 2 is 1.79 bits per heavy atom. The predicted octanol–water partition coefficient (Wildman–Crippen LogP) is 4.17. The molecule has 6 nitrogen and oxygen atoms in total. The fourth-order valence-electron chi connectivity index (χ4n) is 2.35. The van der Waals surface area contributed by atoms with E-state index in [2.05, 4.69) is 34.7 Å². The first-order valence-corrected chi connectivity index (χ1v) is 8.10. The average molecular weight is 330 g/mol. The summed E-state index contributed by atoms with van der Waals surface area (Å²) < 4.78 is 5.24. The zero-order valence-corrected chi connectivity index (χ0v) is 14.9. The first-order chi connectivity index (χ1) is 11.2. The molecule has 0 fully saturated rings. The number of hydrogen-bond acceptors (Lipinski definition) is 4. The van der Waals surface area contributed by atoms with Crippen molar-refractivity contribution in [3.8, 4) is 0 Å². The van der Waals surface area contributed by atoms with Crippen LogP contribution in [0.2, 0.25) is 0 Å². The number of benzene rings is 1. The molecule has 3 N–H and O–H groups in total. The lowest BCUT2D eigenvalue weighted by molar-refractivity contribution is 0.0636. The van der Waals surface area contributed by atoms with Gasteiger partial charge in [0.05, 0.1) is 5.69 Å². The molecule has 0 aliphatic heterocycles. The van der Waals surface area contributed by atoms with Crippen LogP contribution in [-0.2, 0) is 4.74 Å². The molecule has 0 aliphatic rings. The van der Waals surface area contributed by atoms with Gasteiger partial charge in [-0.1, -0.05) is 12.1 Å². The molecule has 6 heteroatoms. The molecule has 1 aromatic heterocycles. The van der Waals surface area contributed by atoms with Gasteiger partial charge < -0.3 is 10.1 Å². The van der Waals surface area contributed by atoms with Gasteiger partial charge in [0, 0.05) is 24.0 Å². The molecule has 1 amide bonds. The molecule has 0 bridgehead atoms. The lowest BCUT2D eigenvalue weighted by atomic mass is 10.1. The summed E-state index contributed by atoms with van der Waals surface area (Å²) >= 11 is 0. The van der Waals surface area contributed by atoms with Crippen LogP contribution in [0.4, 0.5) is 10.5 Å². The number of aromatic nitrogens is 2. The summed E-state index contributed by atoms with van der Waals surface area (Å²) in [6.07, 6.45) is 1.30. The smallest absolute Gasteiger partial charge is 0.412 e. The maximum absolute atomic E-state index is 11.8. The molecule has 1 heterocycles. The number of aromatic amines is 1. The van der Waals surface area contributed by atoms with Gasteiger partial charge in [0.25, 0.3) is 0 Å². The molecular weight excluding hydrogens is 304 g/mol. The Morgan fingerprint density at radius 3 is 2.33 bits per heavy atom. The van der Waals surface area contributed by atoms with E-state index in [1.165, 1.54) is 0 Å². The van der Waals surface area contributed by atoms with Crippen LogP contribution in [0.1, 0.15) is 58.0 Å². The largest absolute Gasteiger partial charge is 0.444 e. The molecule has 0 aliphatic carbocycles. The third-order valence-corrected chi connectivity index (χ3v) is 3.54. The Morgan fingerprint density at radius 1 is 1.12 bits per heavy atom. The normalized spacial score (nSPS) is 14.0. The van der Waals surface area contributed by atoms with Crippen LogP contribution in [0.15, 0.2) is 36.5 Å². The molecule has 0 radical (unpaired) electrons. The van der Waals surface area contributed by atoms with E-state index in [1.807, 2.05) is 51.1 Å². The molecule has 24 heavy (non-hydrogen) atoms. The molecule has 0 spiro atoms. The minimum atomic E-state index is -0.509. The fourth-order valence-corrected chi connectivity index (χ4v) is 2.35. The van der Waals surface area contributed by atoms with Gasteiger partial charge in [0.2, 0.25) is 0 Å². The van der Waals surface area contributed by atoms with Crippen molar-refractivity contribution in [3.05, 3.63) is 47.8 Å². The Labute approximate surface area is 143 Å². The SMILES string of the molecule is CC(NC(C)c1ccn[nH]1)c1ccc(NC(=O)OC(C)(C)C)cc1. The van der Waals surface area contributed by atoms with Crippen molar-refractivity contribution in [1.82, 2.24) is 15.5 Å². The van der Waals surface area contributed by atoms with Crippen molar-refractivity contribution in [3.63, 3.8) is 0 Å². The molecule has 2 aromatic rings. The van der Waals surface area contributed by atoms with Gasteiger partial charge in [-0.25, -0.2) is 4.79 Å². The standard InChI is InChI=1S/C18H26N4O2/c1-12(20-13(2)16-10-11-19-22-16)14-6-8-15(9-7-14)21-17(23)24-18(3,4)5/h6-13,20H,1-5H3,(H,19,22)(H,21,23). The lowest BCUT2D eigenvalue weighted by Gasteiger charge is -2.21. The number of carbonyl (C=O) groups excluding carboxylic acids is 1. The number of rotatable bonds is 5. The highest BCUT2D eigenvalue weighted by Gasteiger charge is 2.16. The number of nitrogens with one attached hydrogen (secondary N) is 3. The Kier molecular flexibility index (Phi) is 5.62. The topological polar surface area (TPSA) is 79.0 Å². The summed E-state index contributed by atoms with van der Waals surface area (Å²) in [6.45, 7) is 9.70. The number of nitrogens with zero attached hydrogens (tertiary/aromatic N) is 1. The summed E-state index contributed by atoms with van der Waals surface area (Å²) in [5.41, 5.74) is 2.38. The van der Waals surface area contributed by atoms with E-state index in [0.29, 0.717) is 5.69 Å². The van der Waals surface area contributed by atoms with Gasteiger partial charge in [-0.15, -0.1) is 0 Å². The van der Waals surface area contributed by atoms with Crippen molar-refractivity contribution in [2.75, 3.05) is 5.32 Å². The molecule has 2 unspecified atom stereocenters. The monoisotopic (exact) mass is 330 g/mol. The summed E-state index contributed by atoms with van der Waals surface area (Å²) in [5.74, 6) is 0. The third kappa shape index (κ3) is 5.38. The van der Waals surface area contributed by atoms with Gasteiger partial charge >= 0.3 is 6.09 Å². The molecule has 1 aromatic carbocycles. The van der Waals surface area contributed by atoms with Crippen LogP contribution in [0.3, 0.4) is 0 Å². The number of carbonyl (C=O) groups is 1. The molecule has 0 saturated carbocycles. The van der Waals surface area contributed by atoms with Gasteiger partial charge in [0.1, 0.15) is 5.60 Å². The first kappa shape index (κ1) is 18.0. The minimum absolute atomic E-state index is 0.166. The maximum atomic E-state index is 11.8. The Bertz CT molecular complexity index is 645. The van der Waals surface area contributed by atoms with Crippen LogP contribution >= 0.6 is 0 Å². The maximum Gasteiger partial charge on any atom is 0.412 e. The highest BCUT2D eigenvalue weighted by Crippen LogP contribution is 2.20. The van der Waals surface area contributed by atoms with Crippen molar-refractivity contribution in [2.24, 2.45) is 0 Å². The van der Waals surface area contributed by atoms with Gasteiger partial charge in [-0.05, 0) is 58.4 Å². The molecule has 130 valence electrons. The van der Waals surface area contributed by atoms with Crippen LogP contribution in [-0.4, -0.2) is 21.9 Å². The fraction of sp³-hybridized carbons (Fsp3) is 0.444. The minimum Gasteiger partial charge on any atom is -0.444 e. The zero-order chi connectivity index (χ0) is 17.7. The highest BCUT2D eigenvalue weighted by atomic mass is 16.6. The number of anilines is 1. The summed E-state index contributed by atoms with van der Waals surface area (Å²) in [6, 6.07) is 10.0. The lowest BCUT2D eigenvalue weighted by Crippen LogP contribution is -2.27.